The highest BCUT2D eigenvalue weighted by molar-refractivity contribution is 5.37. The third-order valence-corrected chi connectivity index (χ3v) is 2.92. The summed E-state index contributed by atoms with van der Waals surface area (Å²) in [5.74, 6) is 0.958. The van der Waals surface area contributed by atoms with Crippen LogP contribution in [-0.2, 0) is 0 Å². The first-order valence-electron chi connectivity index (χ1n) is 5.19. The topological polar surface area (TPSA) is 21.3 Å². The van der Waals surface area contributed by atoms with Crippen LogP contribution in [0.5, 0.6) is 5.75 Å². The van der Waals surface area contributed by atoms with Crippen molar-refractivity contribution in [2.24, 2.45) is 0 Å². The lowest BCUT2D eigenvalue weighted by atomic mass is 10.00. The summed E-state index contributed by atoms with van der Waals surface area (Å²) in [4.78, 5) is 0. The quantitative estimate of drug-likeness (QED) is 0.775. The molecular weight excluding hydrogens is 174 g/mol. The van der Waals surface area contributed by atoms with E-state index in [9.17, 15) is 0 Å². The molecule has 0 spiro atoms. The molecule has 1 atom stereocenters. The van der Waals surface area contributed by atoms with E-state index in [1.807, 2.05) is 6.07 Å². The van der Waals surface area contributed by atoms with E-state index < -0.39 is 0 Å². The fourth-order valence-electron chi connectivity index (χ4n) is 2.07. The lowest BCUT2D eigenvalue weighted by molar-refractivity contribution is 0.413. The van der Waals surface area contributed by atoms with Crippen molar-refractivity contribution in [1.29, 1.82) is 0 Å². The molecule has 0 radical (unpaired) electrons. The molecule has 1 heterocycles. The summed E-state index contributed by atoms with van der Waals surface area (Å²) in [6.07, 6.45) is 2.52. The van der Waals surface area contributed by atoms with Crippen molar-refractivity contribution in [1.82, 2.24) is 5.32 Å². The number of aryl methyl sites for hydroxylation is 1. The standard InChI is InChI=1S/C12H17NO/c1-9-5-6-10(14-2)8-11(9)12-4-3-7-13-12/h5-6,8,12-13H,3-4,7H2,1-2H3. The van der Waals surface area contributed by atoms with Gasteiger partial charge in [0.15, 0.2) is 0 Å². The van der Waals surface area contributed by atoms with Crippen LogP contribution in [0.2, 0.25) is 0 Å². The smallest absolute Gasteiger partial charge is 0.119 e. The van der Waals surface area contributed by atoms with Gasteiger partial charge in [-0.2, -0.15) is 0 Å². The van der Waals surface area contributed by atoms with Gasteiger partial charge in [0, 0.05) is 6.04 Å². The number of hydrogen-bond acceptors (Lipinski definition) is 2. The van der Waals surface area contributed by atoms with Crippen molar-refractivity contribution in [3.05, 3.63) is 29.3 Å². The SMILES string of the molecule is COc1ccc(C)c(C2CCCN2)c1. The van der Waals surface area contributed by atoms with Gasteiger partial charge < -0.3 is 10.1 Å². The van der Waals surface area contributed by atoms with E-state index in [0.717, 1.165) is 12.3 Å². The number of methoxy groups -OCH3 is 1. The van der Waals surface area contributed by atoms with Gasteiger partial charge in [-0.3, -0.25) is 0 Å². The maximum Gasteiger partial charge on any atom is 0.119 e. The van der Waals surface area contributed by atoms with Crippen LogP contribution in [0.3, 0.4) is 0 Å². The number of benzene rings is 1. The highest BCUT2D eigenvalue weighted by Crippen LogP contribution is 2.28. The summed E-state index contributed by atoms with van der Waals surface area (Å²) in [5, 5.41) is 3.51. The molecular formula is C12H17NO. The second-order valence-electron chi connectivity index (χ2n) is 3.87. The number of ether oxygens (including phenoxy) is 1. The molecule has 76 valence electrons. The minimum Gasteiger partial charge on any atom is -0.497 e. The minimum absolute atomic E-state index is 0.532. The van der Waals surface area contributed by atoms with Crippen molar-refractivity contribution >= 4 is 0 Å². The molecule has 0 bridgehead atoms. The molecule has 0 amide bonds. The highest BCUT2D eigenvalue weighted by Gasteiger charge is 2.18. The molecule has 2 nitrogen and oxygen atoms in total. The molecule has 14 heavy (non-hydrogen) atoms. The molecule has 2 rings (SSSR count). The predicted octanol–water partition coefficient (Wildman–Crippen LogP) is 2.43. The van der Waals surface area contributed by atoms with Crippen LogP contribution >= 0.6 is 0 Å². The third kappa shape index (κ3) is 1.75. The molecule has 1 aromatic carbocycles. The van der Waals surface area contributed by atoms with Crippen molar-refractivity contribution < 1.29 is 4.74 Å². The van der Waals surface area contributed by atoms with Crippen LogP contribution in [0.4, 0.5) is 0 Å². The molecule has 1 fully saturated rings. The van der Waals surface area contributed by atoms with E-state index in [1.165, 1.54) is 24.0 Å². The summed E-state index contributed by atoms with van der Waals surface area (Å²) >= 11 is 0. The second-order valence-corrected chi connectivity index (χ2v) is 3.87. The van der Waals surface area contributed by atoms with Gasteiger partial charge in [0.25, 0.3) is 0 Å². The Hall–Kier alpha value is -1.02. The zero-order valence-corrected chi connectivity index (χ0v) is 8.84. The molecule has 1 aliphatic heterocycles. The Balaban J connectivity index is 2.29. The lowest BCUT2D eigenvalue weighted by Gasteiger charge is -2.14. The number of hydrogen-bond donors (Lipinski definition) is 1. The average molecular weight is 191 g/mol. The van der Waals surface area contributed by atoms with Crippen molar-refractivity contribution in [2.75, 3.05) is 13.7 Å². The van der Waals surface area contributed by atoms with Gasteiger partial charge in [-0.05, 0) is 49.6 Å². The molecule has 1 aromatic rings. The first-order valence-corrected chi connectivity index (χ1v) is 5.19. The van der Waals surface area contributed by atoms with Gasteiger partial charge in [0.1, 0.15) is 5.75 Å². The average Bonchev–Trinajstić information content (AvgIpc) is 2.71. The first kappa shape index (κ1) is 9.53. The summed E-state index contributed by atoms with van der Waals surface area (Å²) in [7, 11) is 1.72. The summed E-state index contributed by atoms with van der Waals surface area (Å²) in [6, 6.07) is 6.84. The number of nitrogens with one attached hydrogen (secondary N) is 1. The normalized spacial score (nSPS) is 21.1. The maximum atomic E-state index is 5.24. The van der Waals surface area contributed by atoms with E-state index >= 15 is 0 Å². The van der Waals surface area contributed by atoms with Crippen LogP contribution in [-0.4, -0.2) is 13.7 Å². The molecule has 1 aliphatic rings. The predicted molar refractivity (Wildman–Crippen MR) is 57.7 cm³/mol. The Labute approximate surface area is 85.3 Å². The Morgan fingerprint density at radius 2 is 2.29 bits per heavy atom. The van der Waals surface area contributed by atoms with E-state index in [0.29, 0.717) is 6.04 Å². The zero-order valence-electron chi connectivity index (χ0n) is 8.84. The summed E-state index contributed by atoms with van der Waals surface area (Å²) in [5.41, 5.74) is 2.74. The molecule has 0 aromatic heterocycles. The Morgan fingerprint density at radius 1 is 1.43 bits per heavy atom. The first-order chi connectivity index (χ1) is 6.81. The van der Waals surface area contributed by atoms with Crippen LogP contribution < -0.4 is 10.1 Å². The van der Waals surface area contributed by atoms with Gasteiger partial charge in [0.2, 0.25) is 0 Å². The third-order valence-electron chi connectivity index (χ3n) is 2.92. The maximum absolute atomic E-state index is 5.24. The second kappa shape index (κ2) is 4.01. The van der Waals surface area contributed by atoms with Crippen LogP contribution in [0.1, 0.15) is 30.0 Å². The van der Waals surface area contributed by atoms with Gasteiger partial charge in [-0.25, -0.2) is 0 Å². The molecule has 1 saturated heterocycles. The van der Waals surface area contributed by atoms with Crippen molar-refractivity contribution in [3.8, 4) is 5.75 Å². The minimum atomic E-state index is 0.532. The fraction of sp³-hybridized carbons (Fsp3) is 0.500. The summed E-state index contributed by atoms with van der Waals surface area (Å²) < 4.78 is 5.24. The van der Waals surface area contributed by atoms with Gasteiger partial charge in [0.05, 0.1) is 7.11 Å². The van der Waals surface area contributed by atoms with E-state index in [-0.39, 0.29) is 0 Å². The van der Waals surface area contributed by atoms with Gasteiger partial charge in [-0.1, -0.05) is 6.07 Å². The monoisotopic (exact) mass is 191 g/mol. The lowest BCUT2D eigenvalue weighted by Crippen LogP contribution is -2.13. The van der Waals surface area contributed by atoms with Gasteiger partial charge in [-0.15, -0.1) is 0 Å². The fourth-order valence-corrected chi connectivity index (χ4v) is 2.07. The Morgan fingerprint density at radius 3 is 2.93 bits per heavy atom. The zero-order chi connectivity index (χ0) is 9.97. The van der Waals surface area contributed by atoms with Crippen molar-refractivity contribution in [2.45, 2.75) is 25.8 Å². The van der Waals surface area contributed by atoms with Crippen LogP contribution in [0.15, 0.2) is 18.2 Å². The summed E-state index contributed by atoms with van der Waals surface area (Å²) in [6.45, 7) is 3.30. The molecule has 2 heteroatoms. The van der Waals surface area contributed by atoms with Gasteiger partial charge >= 0.3 is 0 Å². The van der Waals surface area contributed by atoms with Crippen LogP contribution in [0.25, 0.3) is 0 Å². The van der Waals surface area contributed by atoms with E-state index in [4.69, 9.17) is 4.74 Å². The van der Waals surface area contributed by atoms with E-state index in [1.54, 1.807) is 7.11 Å². The Kier molecular flexibility index (Phi) is 2.73. The Bertz CT molecular complexity index is 316. The van der Waals surface area contributed by atoms with E-state index in [2.05, 4.69) is 24.4 Å². The number of rotatable bonds is 2. The highest BCUT2D eigenvalue weighted by atomic mass is 16.5. The molecule has 0 aliphatic carbocycles. The van der Waals surface area contributed by atoms with Crippen molar-refractivity contribution in [3.63, 3.8) is 0 Å². The molecule has 0 saturated carbocycles. The van der Waals surface area contributed by atoms with Crippen LogP contribution in [0, 0.1) is 6.92 Å². The molecule has 1 unspecified atom stereocenters. The largest absolute Gasteiger partial charge is 0.497 e. The molecule has 1 N–H and O–H groups in total.